The van der Waals surface area contributed by atoms with E-state index in [1.807, 2.05) is 0 Å². The van der Waals surface area contributed by atoms with Crippen molar-refractivity contribution in [3.05, 3.63) is 15.0 Å². The molecule has 0 atom stereocenters. The highest BCUT2D eigenvalue weighted by Crippen LogP contribution is 2.22. The Morgan fingerprint density at radius 2 is 2.31 bits per heavy atom. The molecule has 0 amide bonds. The monoisotopic (exact) mass is 260 g/mol. The largest absolute Gasteiger partial charge is 0.317 e. The molecule has 0 unspecified atom stereocenters. The van der Waals surface area contributed by atoms with Crippen molar-refractivity contribution in [1.82, 2.24) is 10.3 Å². The molecule has 1 aliphatic heterocycles. The molecule has 0 spiro atoms. The van der Waals surface area contributed by atoms with Crippen molar-refractivity contribution in [2.45, 2.75) is 19.3 Å². The molecule has 1 aromatic rings. The second-order valence-electron chi connectivity index (χ2n) is 3.46. The molecule has 1 aromatic heterocycles. The van der Waals surface area contributed by atoms with E-state index in [1.165, 1.54) is 30.9 Å². The number of halogens is 1. The summed E-state index contributed by atoms with van der Waals surface area (Å²) >= 11 is 5.15. The van der Waals surface area contributed by atoms with E-state index in [0.29, 0.717) is 0 Å². The van der Waals surface area contributed by atoms with E-state index in [1.54, 1.807) is 11.3 Å². The van der Waals surface area contributed by atoms with Crippen LogP contribution < -0.4 is 5.32 Å². The summed E-state index contributed by atoms with van der Waals surface area (Å²) in [5.74, 6) is 0.847. The van der Waals surface area contributed by atoms with Gasteiger partial charge in [-0.25, -0.2) is 4.98 Å². The van der Waals surface area contributed by atoms with Gasteiger partial charge in [0.15, 0.2) is 0 Å². The molecule has 4 heteroatoms. The van der Waals surface area contributed by atoms with Crippen LogP contribution >= 0.6 is 27.3 Å². The van der Waals surface area contributed by atoms with Gasteiger partial charge in [-0.2, -0.15) is 0 Å². The fraction of sp³-hybridized carbons (Fsp3) is 0.667. The minimum Gasteiger partial charge on any atom is -0.317 e. The van der Waals surface area contributed by atoms with Gasteiger partial charge in [-0.1, -0.05) is 0 Å². The Morgan fingerprint density at radius 1 is 1.54 bits per heavy atom. The van der Waals surface area contributed by atoms with Gasteiger partial charge in [0.2, 0.25) is 0 Å². The second-order valence-corrected chi connectivity index (χ2v) is 5.22. The van der Waals surface area contributed by atoms with E-state index in [9.17, 15) is 0 Å². The Labute approximate surface area is 90.9 Å². The lowest BCUT2D eigenvalue weighted by Crippen LogP contribution is -2.28. The summed E-state index contributed by atoms with van der Waals surface area (Å²) in [5.41, 5.74) is 0. The van der Waals surface area contributed by atoms with Crippen molar-refractivity contribution in [3.8, 4) is 0 Å². The molecule has 13 heavy (non-hydrogen) atoms. The molecular weight excluding hydrogens is 248 g/mol. The number of nitrogens with one attached hydrogen (secondary N) is 1. The van der Waals surface area contributed by atoms with Gasteiger partial charge in [-0.15, -0.1) is 11.3 Å². The Morgan fingerprint density at radius 3 is 2.92 bits per heavy atom. The van der Waals surface area contributed by atoms with Gasteiger partial charge in [0.05, 0.1) is 5.01 Å². The lowest BCUT2D eigenvalue weighted by atomic mass is 9.95. The molecule has 2 rings (SSSR count). The first kappa shape index (κ1) is 9.62. The van der Waals surface area contributed by atoms with E-state index < -0.39 is 0 Å². The van der Waals surface area contributed by atoms with Crippen molar-refractivity contribution in [1.29, 1.82) is 0 Å². The number of rotatable bonds is 2. The minimum absolute atomic E-state index is 0.847. The highest BCUT2D eigenvalue weighted by molar-refractivity contribution is 9.10. The fourth-order valence-electron chi connectivity index (χ4n) is 1.72. The quantitative estimate of drug-likeness (QED) is 0.884. The Hall–Kier alpha value is 0.0700. The third kappa shape index (κ3) is 2.76. The van der Waals surface area contributed by atoms with Crippen LogP contribution in [0.2, 0.25) is 0 Å². The summed E-state index contributed by atoms with van der Waals surface area (Å²) in [7, 11) is 0. The van der Waals surface area contributed by atoms with Gasteiger partial charge in [-0.3, -0.25) is 0 Å². The van der Waals surface area contributed by atoms with Crippen LogP contribution in [0.1, 0.15) is 17.8 Å². The summed E-state index contributed by atoms with van der Waals surface area (Å²) in [6.45, 7) is 2.36. The van der Waals surface area contributed by atoms with Crippen LogP contribution in [-0.2, 0) is 6.42 Å². The predicted molar refractivity (Wildman–Crippen MR) is 59.1 cm³/mol. The van der Waals surface area contributed by atoms with Crippen LogP contribution in [0.5, 0.6) is 0 Å². The number of hydrogen-bond acceptors (Lipinski definition) is 3. The van der Waals surface area contributed by atoms with Crippen molar-refractivity contribution in [3.63, 3.8) is 0 Å². The first-order chi connectivity index (χ1) is 6.34. The molecule has 1 fully saturated rings. The maximum Gasteiger partial charge on any atom is 0.117 e. The Bertz CT molecular complexity index is 268. The SMILES string of the molecule is Brc1csc(CC2CCNCC2)n1. The van der Waals surface area contributed by atoms with Crippen LogP contribution in [-0.4, -0.2) is 18.1 Å². The standard InChI is InChI=1S/C9H13BrN2S/c10-8-6-13-9(12-8)5-7-1-3-11-4-2-7/h6-7,11H,1-5H2. The number of thiazole rings is 1. The highest BCUT2D eigenvalue weighted by atomic mass is 79.9. The predicted octanol–water partition coefficient (Wildman–Crippen LogP) is 2.45. The van der Waals surface area contributed by atoms with Crippen molar-refractivity contribution < 1.29 is 0 Å². The third-order valence-electron chi connectivity index (χ3n) is 2.45. The van der Waals surface area contributed by atoms with Gasteiger partial charge < -0.3 is 5.32 Å². The topological polar surface area (TPSA) is 24.9 Å². The summed E-state index contributed by atoms with van der Waals surface area (Å²) in [6.07, 6.45) is 3.77. The molecule has 2 nitrogen and oxygen atoms in total. The van der Waals surface area contributed by atoms with Gasteiger partial charge >= 0.3 is 0 Å². The van der Waals surface area contributed by atoms with Crippen LogP contribution in [0, 0.1) is 5.92 Å². The number of piperidine rings is 1. The molecule has 1 aliphatic rings. The number of aromatic nitrogens is 1. The average Bonchev–Trinajstić information content (AvgIpc) is 2.53. The molecule has 0 saturated carbocycles. The first-order valence-electron chi connectivity index (χ1n) is 4.65. The summed E-state index contributed by atoms with van der Waals surface area (Å²) < 4.78 is 0.987. The molecule has 1 N–H and O–H groups in total. The molecule has 2 heterocycles. The summed E-state index contributed by atoms with van der Waals surface area (Å²) in [6, 6.07) is 0. The van der Waals surface area contributed by atoms with Crippen LogP contribution in [0.4, 0.5) is 0 Å². The Kier molecular flexibility index (Phi) is 3.35. The van der Waals surface area contributed by atoms with Crippen molar-refractivity contribution in [2.24, 2.45) is 5.92 Å². The Balaban J connectivity index is 1.89. The zero-order chi connectivity index (χ0) is 9.10. The van der Waals surface area contributed by atoms with E-state index >= 15 is 0 Å². The third-order valence-corrected chi connectivity index (χ3v) is 4.03. The number of nitrogens with zero attached hydrogens (tertiary/aromatic N) is 1. The highest BCUT2D eigenvalue weighted by Gasteiger charge is 2.14. The van der Waals surface area contributed by atoms with Gasteiger partial charge in [0, 0.05) is 11.8 Å². The molecular formula is C9H13BrN2S. The van der Waals surface area contributed by atoms with Gasteiger partial charge in [-0.05, 0) is 47.8 Å². The second kappa shape index (κ2) is 4.53. The van der Waals surface area contributed by atoms with Gasteiger partial charge in [0.25, 0.3) is 0 Å². The van der Waals surface area contributed by atoms with Crippen molar-refractivity contribution >= 4 is 27.3 Å². The maximum atomic E-state index is 4.42. The minimum atomic E-state index is 0.847. The molecule has 0 aromatic carbocycles. The van der Waals surface area contributed by atoms with Crippen LogP contribution in [0.15, 0.2) is 9.98 Å². The lowest BCUT2D eigenvalue weighted by Gasteiger charge is -2.21. The first-order valence-corrected chi connectivity index (χ1v) is 6.32. The zero-order valence-corrected chi connectivity index (χ0v) is 9.83. The van der Waals surface area contributed by atoms with Crippen molar-refractivity contribution in [2.75, 3.05) is 13.1 Å². The van der Waals surface area contributed by atoms with Crippen LogP contribution in [0.3, 0.4) is 0 Å². The normalized spacial score (nSPS) is 19.2. The van der Waals surface area contributed by atoms with E-state index in [2.05, 4.69) is 31.6 Å². The summed E-state index contributed by atoms with van der Waals surface area (Å²) in [4.78, 5) is 4.42. The van der Waals surface area contributed by atoms with E-state index in [0.717, 1.165) is 16.9 Å². The lowest BCUT2D eigenvalue weighted by molar-refractivity contribution is 0.372. The number of hydrogen-bond donors (Lipinski definition) is 1. The van der Waals surface area contributed by atoms with Crippen LogP contribution in [0.25, 0.3) is 0 Å². The zero-order valence-electron chi connectivity index (χ0n) is 7.42. The molecule has 0 bridgehead atoms. The maximum absolute atomic E-state index is 4.42. The average molecular weight is 261 g/mol. The molecule has 1 saturated heterocycles. The van der Waals surface area contributed by atoms with E-state index in [-0.39, 0.29) is 0 Å². The molecule has 0 radical (unpaired) electrons. The smallest absolute Gasteiger partial charge is 0.117 e. The molecule has 72 valence electrons. The van der Waals surface area contributed by atoms with E-state index in [4.69, 9.17) is 0 Å². The fourth-order valence-corrected chi connectivity index (χ4v) is 3.10. The van der Waals surface area contributed by atoms with Gasteiger partial charge in [0.1, 0.15) is 4.60 Å². The molecule has 0 aliphatic carbocycles. The summed E-state index contributed by atoms with van der Waals surface area (Å²) in [5, 5.41) is 6.72.